The molecule has 2 aromatic carbocycles. The molecule has 0 aliphatic heterocycles. The van der Waals surface area contributed by atoms with E-state index in [9.17, 15) is 35.9 Å². The van der Waals surface area contributed by atoms with Gasteiger partial charge in [-0.2, -0.15) is 26.3 Å². The van der Waals surface area contributed by atoms with Gasteiger partial charge in [0.2, 0.25) is 0 Å². The minimum Gasteiger partial charge on any atom is -0.348 e. The zero-order valence-corrected chi connectivity index (χ0v) is 13.8. The number of hydrogen-bond acceptors (Lipinski definition) is 2. The highest BCUT2D eigenvalue weighted by atomic mass is 19.4. The number of halogens is 6. The number of carbonyl (C=O) groups is 2. The van der Waals surface area contributed by atoms with Crippen molar-refractivity contribution in [1.29, 1.82) is 0 Å². The van der Waals surface area contributed by atoms with E-state index in [2.05, 4.69) is 5.32 Å². The summed E-state index contributed by atoms with van der Waals surface area (Å²) in [6, 6.07) is 6.81. The molecule has 0 radical (unpaired) electrons. The van der Waals surface area contributed by atoms with E-state index in [-0.39, 0.29) is 22.8 Å². The topological polar surface area (TPSA) is 46.2 Å². The zero-order valence-electron chi connectivity index (χ0n) is 13.8. The van der Waals surface area contributed by atoms with Crippen molar-refractivity contribution in [3.8, 4) is 0 Å². The zero-order chi connectivity index (χ0) is 20.4. The van der Waals surface area contributed by atoms with Gasteiger partial charge in [0.25, 0.3) is 5.91 Å². The minimum absolute atomic E-state index is 0.0103. The summed E-state index contributed by atoms with van der Waals surface area (Å²) < 4.78 is 77.1. The number of rotatable bonds is 4. The van der Waals surface area contributed by atoms with Crippen LogP contribution in [0.3, 0.4) is 0 Å². The molecule has 0 heterocycles. The lowest BCUT2D eigenvalue weighted by molar-refractivity contribution is -0.143. The molecule has 0 spiro atoms. The Labute approximate surface area is 150 Å². The number of hydrogen-bond donors (Lipinski definition) is 1. The third kappa shape index (κ3) is 5.08. The van der Waals surface area contributed by atoms with Gasteiger partial charge in [-0.1, -0.05) is 18.2 Å². The Hall–Kier alpha value is -2.84. The average Bonchev–Trinajstić information content (AvgIpc) is 2.57. The van der Waals surface area contributed by atoms with Gasteiger partial charge >= 0.3 is 12.4 Å². The number of carbonyl (C=O) groups excluding carboxylic acids is 2. The average molecular weight is 389 g/mol. The molecule has 0 fully saturated rings. The lowest BCUT2D eigenvalue weighted by Crippen LogP contribution is -2.25. The van der Waals surface area contributed by atoms with Gasteiger partial charge in [0.05, 0.1) is 16.7 Å². The summed E-state index contributed by atoms with van der Waals surface area (Å²) in [6.45, 7) is 0.659. The first kappa shape index (κ1) is 20.5. The molecule has 0 bridgehead atoms. The van der Waals surface area contributed by atoms with Gasteiger partial charge < -0.3 is 5.32 Å². The van der Waals surface area contributed by atoms with E-state index < -0.39 is 41.7 Å². The SMILES string of the molecule is CC(=O)c1ccccc1C(=O)NCc1cc(C(F)(F)F)cc(C(F)(F)F)c1. The molecule has 2 rings (SSSR count). The Kier molecular flexibility index (Phi) is 5.62. The number of nitrogens with one attached hydrogen (secondary N) is 1. The molecular formula is C18H13F6NO2. The Morgan fingerprint density at radius 1 is 0.852 bits per heavy atom. The molecule has 1 amide bonds. The van der Waals surface area contributed by atoms with Crippen LogP contribution in [0.15, 0.2) is 42.5 Å². The molecule has 3 nitrogen and oxygen atoms in total. The summed E-state index contributed by atoms with van der Waals surface area (Å²) >= 11 is 0. The van der Waals surface area contributed by atoms with Crippen LogP contribution in [0.25, 0.3) is 0 Å². The van der Waals surface area contributed by atoms with Crippen LogP contribution in [0.1, 0.15) is 44.3 Å². The fourth-order valence-electron chi connectivity index (χ4n) is 2.39. The smallest absolute Gasteiger partial charge is 0.348 e. The Balaban J connectivity index is 2.30. The van der Waals surface area contributed by atoms with E-state index in [0.29, 0.717) is 12.1 Å². The fraction of sp³-hybridized carbons (Fsp3) is 0.222. The maximum Gasteiger partial charge on any atom is 0.416 e. The predicted octanol–water partition coefficient (Wildman–Crippen LogP) is 4.86. The van der Waals surface area contributed by atoms with Crippen molar-refractivity contribution in [2.24, 2.45) is 0 Å². The van der Waals surface area contributed by atoms with Gasteiger partial charge in [0, 0.05) is 12.1 Å². The van der Waals surface area contributed by atoms with Crippen molar-refractivity contribution in [2.75, 3.05) is 0 Å². The van der Waals surface area contributed by atoms with Crippen LogP contribution in [-0.2, 0) is 18.9 Å². The summed E-state index contributed by atoms with van der Waals surface area (Å²) in [6.07, 6.45) is -9.94. The number of benzene rings is 2. The molecule has 144 valence electrons. The molecule has 0 saturated heterocycles. The molecular weight excluding hydrogens is 376 g/mol. The van der Waals surface area contributed by atoms with Crippen LogP contribution in [0.5, 0.6) is 0 Å². The monoisotopic (exact) mass is 389 g/mol. The van der Waals surface area contributed by atoms with Gasteiger partial charge in [-0.05, 0) is 36.8 Å². The van der Waals surface area contributed by atoms with Crippen LogP contribution >= 0.6 is 0 Å². The van der Waals surface area contributed by atoms with E-state index in [1.165, 1.54) is 31.2 Å². The summed E-state index contributed by atoms with van der Waals surface area (Å²) in [4.78, 5) is 23.7. The summed E-state index contributed by atoms with van der Waals surface area (Å²) in [5.41, 5.74) is -3.23. The van der Waals surface area contributed by atoms with Gasteiger partial charge in [0.15, 0.2) is 5.78 Å². The second kappa shape index (κ2) is 7.42. The van der Waals surface area contributed by atoms with Gasteiger partial charge in [-0.25, -0.2) is 0 Å². The van der Waals surface area contributed by atoms with Crippen molar-refractivity contribution < 1.29 is 35.9 Å². The van der Waals surface area contributed by atoms with Crippen molar-refractivity contribution in [3.05, 3.63) is 70.3 Å². The summed E-state index contributed by atoms with van der Waals surface area (Å²) in [5, 5.41) is 2.24. The highest BCUT2D eigenvalue weighted by Crippen LogP contribution is 2.36. The lowest BCUT2D eigenvalue weighted by Gasteiger charge is -2.15. The first-order valence-corrected chi connectivity index (χ1v) is 7.56. The first-order chi connectivity index (χ1) is 12.4. The van der Waals surface area contributed by atoms with Gasteiger partial charge in [-0.3, -0.25) is 9.59 Å². The maximum atomic E-state index is 12.8. The Morgan fingerprint density at radius 3 is 1.78 bits per heavy atom. The van der Waals surface area contributed by atoms with Crippen LogP contribution in [0.2, 0.25) is 0 Å². The van der Waals surface area contributed by atoms with Crippen molar-refractivity contribution in [1.82, 2.24) is 5.32 Å². The maximum absolute atomic E-state index is 12.8. The van der Waals surface area contributed by atoms with Gasteiger partial charge in [-0.15, -0.1) is 0 Å². The third-order valence-corrected chi connectivity index (χ3v) is 3.65. The number of amides is 1. The van der Waals surface area contributed by atoms with Crippen LogP contribution < -0.4 is 5.32 Å². The second-order valence-corrected chi connectivity index (χ2v) is 5.70. The van der Waals surface area contributed by atoms with Crippen molar-refractivity contribution in [3.63, 3.8) is 0 Å². The Morgan fingerprint density at radius 2 is 1.33 bits per heavy atom. The van der Waals surface area contributed by atoms with Crippen molar-refractivity contribution in [2.45, 2.75) is 25.8 Å². The molecule has 2 aromatic rings. The predicted molar refractivity (Wildman–Crippen MR) is 84.1 cm³/mol. The molecule has 27 heavy (non-hydrogen) atoms. The lowest BCUT2D eigenvalue weighted by atomic mass is 10.0. The molecule has 0 atom stereocenters. The highest BCUT2D eigenvalue weighted by molar-refractivity contribution is 6.07. The molecule has 0 aliphatic rings. The normalized spacial score (nSPS) is 12.0. The first-order valence-electron chi connectivity index (χ1n) is 7.56. The quantitative estimate of drug-likeness (QED) is 0.600. The molecule has 0 unspecified atom stereocenters. The van der Waals surface area contributed by atoms with Crippen molar-refractivity contribution >= 4 is 11.7 Å². The van der Waals surface area contributed by atoms with Gasteiger partial charge in [0.1, 0.15) is 0 Å². The van der Waals surface area contributed by atoms with Crippen LogP contribution in [-0.4, -0.2) is 11.7 Å². The molecule has 1 N–H and O–H groups in total. The van der Waals surface area contributed by atoms with E-state index in [4.69, 9.17) is 0 Å². The second-order valence-electron chi connectivity index (χ2n) is 5.70. The largest absolute Gasteiger partial charge is 0.416 e. The highest BCUT2D eigenvalue weighted by Gasteiger charge is 2.36. The number of Topliss-reactive ketones (excluding diaryl/α,β-unsaturated/α-hetero) is 1. The standard InChI is InChI=1S/C18H13F6NO2/c1-10(26)14-4-2-3-5-15(14)16(27)25-9-11-6-12(17(19,20)21)8-13(7-11)18(22,23)24/h2-8H,9H2,1H3,(H,25,27). The third-order valence-electron chi connectivity index (χ3n) is 3.65. The Bertz CT molecular complexity index is 839. The number of alkyl halides is 6. The molecule has 0 aliphatic carbocycles. The van der Waals surface area contributed by atoms with Crippen LogP contribution in [0, 0.1) is 0 Å². The van der Waals surface area contributed by atoms with E-state index in [0.717, 1.165) is 0 Å². The summed E-state index contributed by atoms with van der Waals surface area (Å²) in [7, 11) is 0. The molecule has 9 heteroatoms. The van der Waals surface area contributed by atoms with E-state index in [1.807, 2.05) is 0 Å². The molecule has 0 aromatic heterocycles. The summed E-state index contributed by atoms with van der Waals surface area (Å²) in [5.74, 6) is -1.19. The van der Waals surface area contributed by atoms with E-state index >= 15 is 0 Å². The minimum atomic E-state index is -4.97. The van der Waals surface area contributed by atoms with E-state index in [1.54, 1.807) is 0 Å². The molecule has 0 saturated carbocycles. The van der Waals surface area contributed by atoms with Crippen LogP contribution in [0.4, 0.5) is 26.3 Å². The number of ketones is 1. The fourth-order valence-corrected chi connectivity index (χ4v) is 2.39.